The molecule has 7 heteroatoms. The SMILES string of the molecule is CC[C@]1(c2ccccc2)NC(=O)N(CC(=O)NC[C@H](c2ccccc2)N(C)C)C1=O. The first-order valence-corrected chi connectivity index (χ1v) is 10.1. The number of nitrogens with zero attached hydrogens (tertiary/aromatic N) is 2. The van der Waals surface area contributed by atoms with Gasteiger partial charge in [0.15, 0.2) is 0 Å². The van der Waals surface area contributed by atoms with Gasteiger partial charge in [-0.25, -0.2) is 4.79 Å². The lowest BCUT2D eigenvalue weighted by atomic mass is 9.87. The summed E-state index contributed by atoms with van der Waals surface area (Å²) >= 11 is 0. The second-order valence-corrected chi connectivity index (χ2v) is 7.64. The third-order valence-corrected chi connectivity index (χ3v) is 5.57. The van der Waals surface area contributed by atoms with Crippen molar-refractivity contribution in [1.29, 1.82) is 0 Å². The van der Waals surface area contributed by atoms with Gasteiger partial charge in [0, 0.05) is 6.54 Å². The van der Waals surface area contributed by atoms with E-state index in [4.69, 9.17) is 0 Å². The topological polar surface area (TPSA) is 81.8 Å². The van der Waals surface area contributed by atoms with Gasteiger partial charge in [-0.2, -0.15) is 0 Å². The summed E-state index contributed by atoms with van der Waals surface area (Å²) in [6, 6.07) is 18.4. The fourth-order valence-electron chi connectivity index (χ4n) is 3.82. The van der Waals surface area contributed by atoms with Crippen molar-refractivity contribution in [3.05, 3.63) is 71.8 Å². The van der Waals surface area contributed by atoms with Crippen LogP contribution in [0.1, 0.15) is 30.5 Å². The fourth-order valence-corrected chi connectivity index (χ4v) is 3.82. The maximum atomic E-state index is 13.1. The Morgan fingerprint density at radius 1 is 1.07 bits per heavy atom. The Labute approximate surface area is 177 Å². The highest BCUT2D eigenvalue weighted by Crippen LogP contribution is 2.32. The van der Waals surface area contributed by atoms with Crippen LogP contribution in [0.25, 0.3) is 0 Å². The van der Waals surface area contributed by atoms with E-state index in [-0.39, 0.29) is 18.5 Å². The Kier molecular flexibility index (Phi) is 6.52. The number of hydrogen-bond donors (Lipinski definition) is 2. The molecule has 30 heavy (non-hydrogen) atoms. The standard InChI is InChI=1S/C23H28N4O3/c1-4-23(18-13-9-6-10-14-18)21(29)27(22(30)25-23)16-20(28)24-15-19(26(2)3)17-11-7-5-8-12-17/h5-14,19H,4,15-16H2,1-3H3,(H,24,28)(H,25,30)/t19-,23-/m1/s1. The number of nitrogens with one attached hydrogen (secondary N) is 2. The van der Waals surface area contributed by atoms with Crippen molar-refractivity contribution in [2.45, 2.75) is 24.9 Å². The van der Waals surface area contributed by atoms with E-state index in [1.807, 2.05) is 86.6 Å². The van der Waals surface area contributed by atoms with E-state index in [1.54, 1.807) is 0 Å². The Balaban J connectivity index is 1.68. The maximum Gasteiger partial charge on any atom is 0.325 e. The lowest BCUT2D eigenvalue weighted by molar-refractivity contribution is -0.135. The number of carbonyl (C=O) groups excluding carboxylic acids is 3. The number of rotatable bonds is 8. The number of imide groups is 1. The van der Waals surface area contributed by atoms with Crippen LogP contribution in [0.5, 0.6) is 0 Å². The third kappa shape index (κ3) is 4.21. The van der Waals surface area contributed by atoms with Crippen molar-refractivity contribution in [1.82, 2.24) is 20.4 Å². The number of urea groups is 1. The van der Waals surface area contributed by atoms with E-state index in [9.17, 15) is 14.4 Å². The Morgan fingerprint density at radius 3 is 2.23 bits per heavy atom. The number of benzene rings is 2. The molecule has 158 valence electrons. The van der Waals surface area contributed by atoms with Crippen molar-refractivity contribution < 1.29 is 14.4 Å². The van der Waals surface area contributed by atoms with Gasteiger partial charge in [0.05, 0.1) is 6.04 Å². The van der Waals surface area contributed by atoms with Gasteiger partial charge in [-0.1, -0.05) is 67.6 Å². The molecule has 2 aromatic rings. The van der Waals surface area contributed by atoms with Crippen LogP contribution in [-0.4, -0.2) is 54.8 Å². The monoisotopic (exact) mass is 408 g/mol. The zero-order valence-corrected chi connectivity index (χ0v) is 17.6. The summed E-state index contributed by atoms with van der Waals surface area (Å²) in [5.41, 5.74) is 0.659. The first-order valence-electron chi connectivity index (χ1n) is 10.1. The second kappa shape index (κ2) is 9.09. The smallest absolute Gasteiger partial charge is 0.325 e. The molecule has 2 N–H and O–H groups in total. The van der Waals surface area contributed by atoms with Crippen molar-refractivity contribution in [2.24, 2.45) is 0 Å². The van der Waals surface area contributed by atoms with Gasteiger partial charge in [0.2, 0.25) is 5.91 Å². The van der Waals surface area contributed by atoms with Crippen LogP contribution < -0.4 is 10.6 Å². The first kappa shape index (κ1) is 21.5. The number of likely N-dealkylation sites (N-methyl/N-ethyl adjacent to an activating group) is 1. The Morgan fingerprint density at radius 2 is 1.67 bits per heavy atom. The van der Waals surface area contributed by atoms with Gasteiger partial charge in [0.1, 0.15) is 12.1 Å². The molecule has 7 nitrogen and oxygen atoms in total. The van der Waals surface area contributed by atoms with Gasteiger partial charge in [-0.15, -0.1) is 0 Å². The highest BCUT2D eigenvalue weighted by molar-refractivity contribution is 6.09. The first-order chi connectivity index (χ1) is 14.4. The molecular formula is C23H28N4O3. The largest absolute Gasteiger partial charge is 0.353 e. The number of hydrogen-bond acceptors (Lipinski definition) is 4. The van der Waals surface area contributed by atoms with Crippen LogP contribution >= 0.6 is 0 Å². The molecule has 1 heterocycles. The third-order valence-electron chi connectivity index (χ3n) is 5.57. The van der Waals surface area contributed by atoms with Crippen LogP contribution in [0.2, 0.25) is 0 Å². The minimum Gasteiger partial charge on any atom is -0.353 e. The molecule has 4 amide bonds. The lowest BCUT2D eigenvalue weighted by Gasteiger charge is -2.26. The van der Waals surface area contributed by atoms with Crippen LogP contribution in [0.3, 0.4) is 0 Å². The van der Waals surface area contributed by atoms with Crippen molar-refractivity contribution in [3.8, 4) is 0 Å². The minimum atomic E-state index is -1.13. The summed E-state index contributed by atoms with van der Waals surface area (Å²) < 4.78 is 0. The zero-order valence-electron chi connectivity index (χ0n) is 17.6. The van der Waals surface area contributed by atoms with Crippen molar-refractivity contribution in [2.75, 3.05) is 27.2 Å². The zero-order chi connectivity index (χ0) is 21.7. The predicted molar refractivity (Wildman–Crippen MR) is 115 cm³/mol. The fraction of sp³-hybridized carbons (Fsp3) is 0.348. The van der Waals surface area contributed by atoms with Crippen molar-refractivity contribution >= 4 is 17.8 Å². The van der Waals surface area contributed by atoms with Crippen LogP contribution in [0.4, 0.5) is 4.79 Å². The molecule has 0 saturated carbocycles. The molecule has 1 aliphatic heterocycles. The molecule has 2 aromatic carbocycles. The number of amides is 4. The lowest BCUT2D eigenvalue weighted by Crippen LogP contribution is -2.45. The van der Waals surface area contributed by atoms with E-state index in [0.717, 1.165) is 10.5 Å². The molecule has 0 radical (unpaired) electrons. The molecule has 0 aromatic heterocycles. The average Bonchev–Trinajstić information content (AvgIpc) is 3.00. The Hall–Kier alpha value is -3.19. The Bertz CT molecular complexity index is 901. The van der Waals surface area contributed by atoms with E-state index < -0.39 is 17.5 Å². The van der Waals surface area contributed by atoms with Crippen LogP contribution in [0, 0.1) is 0 Å². The minimum absolute atomic E-state index is 0.0164. The van der Waals surface area contributed by atoms with Gasteiger partial charge in [-0.05, 0) is 31.6 Å². The quantitative estimate of drug-likeness (QED) is 0.657. The highest BCUT2D eigenvalue weighted by Gasteiger charge is 2.51. The van der Waals surface area contributed by atoms with E-state index in [1.165, 1.54) is 0 Å². The molecule has 1 aliphatic rings. The van der Waals surface area contributed by atoms with Crippen LogP contribution in [-0.2, 0) is 15.1 Å². The molecule has 0 unspecified atom stereocenters. The number of carbonyl (C=O) groups is 3. The molecule has 0 spiro atoms. The van der Waals surface area contributed by atoms with Gasteiger partial charge < -0.3 is 15.5 Å². The maximum absolute atomic E-state index is 13.1. The average molecular weight is 409 g/mol. The van der Waals surface area contributed by atoms with Gasteiger partial charge >= 0.3 is 6.03 Å². The van der Waals surface area contributed by atoms with Gasteiger partial charge in [-0.3, -0.25) is 14.5 Å². The van der Waals surface area contributed by atoms with Crippen molar-refractivity contribution in [3.63, 3.8) is 0 Å². The van der Waals surface area contributed by atoms with E-state index >= 15 is 0 Å². The highest BCUT2D eigenvalue weighted by atomic mass is 16.2. The summed E-state index contributed by atoms with van der Waals surface area (Å²) in [6.07, 6.45) is 0.399. The van der Waals surface area contributed by atoms with E-state index in [0.29, 0.717) is 18.5 Å². The predicted octanol–water partition coefficient (Wildman–Crippen LogP) is 2.26. The summed E-state index contributed by atoms with van der Waals surface area (Å²) in [4.78, 5) is 41.3. The molecular weight excluding hydrogens is 380 g/mol. The van der Waals surface area contributed by atoms with E-state index in [2.05, 4.69) is 10.6 Å². The summed E-state index contributed by atoms with van der Waals surface area (Å²) in [5.74, 6) is -0.773. The van der Waals surface area contributed by atoms with Gasteiger partial charge in [0.25, 0.3) is 5.91 Å². The summed E-state index contributed by atoms with van der Waals surface area (Å²) in [6.45, 7) is 1.90. The molecule has 1 fully saturated rings. The summed E-state index contributed by atoms with van der Waals surface area (Å²) in [5, 5.41) is 5.66. The molecule has 1 saturated heterocycles. The molecule has 0 aliphatic carbocycles. The summed E-state index contributed by atoms with van der Waals surface area (Å²) in [7, 11) is 3.88. The second-order valence-electron chi connectivity index (χ2n) is 7.64. The molecule has 2 atom stereocenters. The molecule has 0 bridgehead atoms. The van der Waals surface area contributed by atoms with Crippen LogP contribution in [0.15, 0.2) is 60.7 Å². The normalized spacial score (nSPS) is 19.7. The molecule has 3 rings (SSSR count).